The number of unbranched alkanes of at least 4 members (excludes halogenated alkanes) is 1. The molecule has 1 heterocycles. The molecule has 1 aliphatic carbocycles. The fourth-order valence-electron chi connectivity index (χ4n) is 5.24. The van der Waals surface area contributed by atoms with Crippen LogP contribution in [0.15, 0.2) is 0 Å². The van der Waals surface area contributed by atoms with Crippen LogP contribution in [0.4, 0.5) is 0 Å². The summed E-state index contributed by atoms with van der Waals surface area (Å²) in [4.78, 5) is 5.29. The third kappa shape index (κ3) is 18.7. The Morgan fingerprint density at radius 2 is 1.34 bits per heavy atom. The molecule has 2 unspecified atom stereocenters. The van der Waals surface area contributed by atoms with E-state index in [0.717, 1.165) is 32.1 Å². The number of rotatable bonds is 15. The van der Waals surface area contributed by atoms with Crippen LogP contribution in [0.5, 0.6) is 0 Å². The van der Waals surface area contributed by atoms with Crippen LogP contribution in [0.25, 0.3) is 0 Å². The molecule has 0 spiro atoms. The first kappa shape index (κ1) is 37.0. The zero-order valence-corrected chi connectivity index (χ0v) is 26.3. The maximum Gasteiger partial charge on any atom is 0.0257 e. The summed E-state index contributed by atoms with van der Waals surface area (Å²) < 4.78 is 0. The molecule has 35 heavy (non-hydrogen) atoms. The molecule has 2 atom stereocenters. The number of hydrogen-bond donors (Lipinski definition) is 1. The number of piperazine rings is 1. The standard InChI is InChI=1S/C24H50N4.C3H8.2C2H6/c1-5-7-10-23(12-16-26(4)21-24(13-6-2)14-15-24)11-8-9-22(3)27-17-19-28(25)20-18-27;1-3-2;2*1-2/h22-23H,5-21,25H2,1-4H3;3H2,1-2H3;2*1-2H3. The van der Waals surface area contributed by atoms with Gasteiger partial charge in [0.2, 0.25) is 0 Å². The summed E-state index contributed by atoms with van der Waals surface area (Å²) in [6, 6.07) is 0.715. The van der Waals surface area contributed by atoms with Gasteiger partial charge in [-0.05, 0) is 64.0 Å². The van der Waals surface area contributed by atoms with Gasteiger partial charge in [0.15, 0.2) is 0 Å². The van der Waals surface area contributed by atoms with Gasteiger partial charge in [0.25, 0.3) is 0 Å². The van der Waals surface area contributed by atoms with Crippen molar-refractivity contribution >= 4 is 0 Å². The Morgan fingerprint density at radius 3 is 1.83 bits per heavy atom. The van der Waals surface area contributed by atoms with Gasteiger partial charge in [-0.25, -0.2) is 5.01 Å². The first-order valence-corrected chi connectivity index (χ1v) is 15.8. The van der Waals surface area contributed by atoms with Gasteiger partial charge in [-0.15, -0.1) is 0 Å². The van der Waals surface area contributed by atoms with Crippen molar-refractivity contribution in [3.8, 4) is 0 Å². The lowest BCUT2D eigenvalue weighted by molar-refractivity contribution is 0.0974. The molecular formula is C31H70N4. The van der Waals surface area contributed by atoms with E-state index in [1.807, 2.05) is 32.7 Å². The molecule has 2 fully saturated rings. The van der Waals surface area contributed by atoms with Crippen molar-refractivity contribution in [3.05, 3.63) is 0 Å². The van der Waals surface area contributed by atoms with Crippen molar-refractivity contribution in [3.63, 3.8) is 0 Å². The van der Waals surface area contributed by atoms with Crippen LogP contribution >= 0.6 is 0 Å². The molecule has 0 aromatic carbocycles. The second-order valence-corrected chi connectivity index (χ2v) is 10.8. The highest BCUT2D eigenvalue weighted by atomic mass is 15.4. The summed E-state index contributed by atoms with van der Waals surface area (Å²) in [6.45, 7) is 26.3. The largest absolute Gasteiger partial charge is 0.306 e. The molecule has 2 rings (SSSR count). The lowest BCUT2D eigenvalue weighted by Gasteiger charge is -2.36. The molecule has 0 amide bonds. The van der Waals surface area contributed by atoms with Crippen LogP contribution in [-0.2, 0) is 0 Å². The predicted octanol–water partition coefficient (Wildman–Crippen LogP) is 8.21. The maximum atomic E-state index is 5.90. The number of nitrogens with zero attached hydrogens (tertiary/aromatic N) is 3. The van der Waals surface area contributed by atoms with Gasteiger partial charge in [0, 0.05) is 38.8 Å². The average Bonchev–Trinajstić information content (AvgIpc) is 3.62. The molecule has 1 saturated carbocycles. The average molecular weight is 499 g/mol. The van der Waals surface area contributed by atoms with Gasteiger partial charge in [-0.1, -0.05) is 100 Å². The monoisotopic (exact) mass is 499 g/mol. The smallest absolute Gasteiger partial charge is 0.0257 e. The van der Waals surface area contributed by atoms with Crippen molar-refractivity contribution < 1.29 is 0 Å². The second-order valence-electron chi connectivity index (χ2n) is 10.8. The molecule has 0 radical (unpaired) electrons. The summed E-state index contributed by atoms with van der Waals surface area (Å²) in [5.41, 5.74) is 0.700. The van der Waals surface area contributed by atoms with Crippen LogP contribution in [0.3, 0.4) is 0 Å². The van der Waals surface area contributed by atoms with Crippen LogP contribution < -0.4 is 5.84 Å². The zero-order valence-electron chi connectivity index (χ0n) is 26.3. The first-order chi connectivity index (χ1) is 16.9. The van der Waals surface area contributed by atoms with E-state index >= 15 is 0 Å². The van der Waals surface area contributed by atoms with Crippen molar-refractivity contribution in [2.24, 2.45) is 17.2 Å². The molecule has 0 bridgehead atoms. The molecule has 1 saturated heterocycles. The van der Waals surface area contributed by atoms with E-state index in [9.17, 15) is 0 Å². The van der Waals surface area contributed by atoms with Crippen molar-refractivity contribution in [1.82, 2.24) is 14.8 Å². The molecule has 1 aliphatic heterocycles. The van der Waals surface area contributed by atoms with E-state index in [4.69, 9.17) is 5.84 Å². The van der Waals surface area contributed by atoms with E-state index in [1.165, 1.54) is 90.1 Å². The molecule has 2 aliphatic rings. The molecule has 214 valence electrons. The fraction of sp³-hybridized carbons (Fsp3) is 1.00. The number of nitrogens with two attached hydrogens (primary N) is 1. The summed E-state index contributed by atoms with van der Waals surface area (Å²) in [7, 11) is 2.37. The van der Waals surface area contributed by atoms with Crippen LogP contribution in [0, 0.1) is 11.3 Å². The first-order valence-electron chi connectivity index (χ1n) is 15.8. The molecule has 4 heteroatoms. The zero-order chi connectivity index (χ0) is 27.1. The predicted molar refractivity (Wildman–Crippen MR) is 161 cm³/mol. The van der Waals surface area contributed by atoms with Crippen LogP contribution in [0.2, 0.25) is 0 Å². The Hall–Kier alpha value is -0.160. The quantitative estimate of drug-likeness (QED) is 0.231. The van der Waals surface area contributed by atoms with Gasteiger partial charge in [-0.2, -0.15) is 0 Å². The van der Waals surface area contributed by atoms with E-state index in [0.29, 0.717) is 11.5 Å². The normalized spacial score (nSPS) is 18.9. The summed E-state index contributed by atoms with van der Waals surface area (Å²) in [6.07, 6.45) is 16.7. The van der Waals surface area contributed by atoms with Crippen molar-refractivity contribution in [1.29, 1.82) is 0 Å². The maximum absolute atomic E-state index is 5.90. The van der Waals surface area contributed by atoms with E-state index in [-0.39, 0.29) is 0 Å². The van der Waals surface area contributed by atoms with Gasteiger partial charge < -0.3 is 4.90 Å². The van der Waals surface area contributed by atoms with Crippen molar-refractivity contribution in [2.75, 3.05) is 46.3 Å². The van der Waals surface area contributed by atoms with Gasteiger partial charge in [-0.3, -0.25) is 10.7 Å². The third-order valence-corrected chi connectivity index (χ3v) is 7.43. The van der Waals surface area contributed by atoms with Crippen LogP contribution in [-0.4, -0.2) is 67.2 Å². The minimum Gasteiger partial charge on any atom is -0.306 e. The second kappa shape index (κ2) is 24.2. The van der Waals surface area contributed by atoms with Crippen molar-refractivity contribution in [2.45, 2.75) is 145 Å². The topological polar surface area (TPSA) is 35.7 Å². The highest BCUT2D eigenvalue weighted by molar-refractivity contribution is 4.94. The van der Waals surface area contributed by atoms with E-state index in [2.05, 4.69) is 51.5 Å². The van der Waals surface area contributed by atoms with E-state index in [1.54, 1.807) is 0 Å². The van der Waals surface area contributed by atoms with Gasteiger partial charge in [0.1, 0.15) is 0 Å². The Labute approximate surface area is 223 Å². The van der Waals surface area contributed by atoms with E-state index < -0.39 is 0 Å². The Morgan fingerprint density at radius 1 is 0.800 bits per heavy atom. The van der Waals surface area contributed by atoms with Gasteiger partial charge in [0.05, 0.1) is 0 Å². The minimum absolute atomic E-state index is 0.700. The Kier molecular flexibility index (Phi) is 25.6. The third-order valence-electron chi connectivity index (χ3n) is 7.43. The summed E-state index contributed by atoms with van der Waals surface area (Å²) in [5.74, 6) is 6.83. The lowest BCUT2D eigenvalue weighted by Crippen LogP contribution is -2.51. The number of hydrazine groups is 1. The molecular weight excluding hydrogens is 428 g/mol. The Bertz CT molecular complexity index is 416. The molecule has 0 aromatic rings. The van der Waals surface area contributed by atoms with Gasteiger partial charge >= 0.3 is 0 Å². The SMILES string of the molecule is CC.CC.CCC.CCCCC(CCCC(C)N1CCN(N)CC1)CCN(C)CC1(CCC)CC1. The Balaban J connectivity index is 0. The summed E-state index contributed by atoms with van der Waals surface area (Å²) >= 11 is 0. The molecule has 4 nitrogen and oxygen atoms in total. The minimum atomic E-state index is 0.700. The molecule has 2 N–H and O–H groups in total. The molecule has 0 aromatic heterocycles. The highest BCUT2D eigenvalue weighted by Gasteiger charge is 2.41. The summed E-state index contributed by atoms with van der Waals surface area (Å²) in [5, 5.41) is 1.97. The van der Waals surface area contributed by atoms with Crippen LogP contribution in [0.1, 0.15) is 139 Å². The fourth-order valence-corrected chi connectivity index (χ4v) is 5.24. The highest BCUT2D eigenvalue weighted by Crippen LogP contribution is 2.50. The number of hydrogen-bond acceptors (Lipinski definition) is 4. The lowest BCUT2D eigenvalue weighted by atomic mass is 9.91.